The molecule has 0 radical (unpaired) electrons. The van der Waals surface area contributed by atoms with Crippen LogP contribution in [0.3, 0.4) is 0 Å². The van der Waals surface area contributed by atoms with E-state index in [2.05, 4.69) is 24.1 Å². The van der Waals surface area contributed by atoms with E-state index in [0.717, 1.165) is 68.0 Å². The van der Waals surface area contributed by atoms with Gasteiger partial charge in [-0.2, -0.15) is 5.10 Å². The van der Waals surface area contributed by atoms with Gasteiger partial charge in [0.1, 0.15) is 16.5 Å². The van der Waals surface area contributed by atoms with Crippen LogP contribution in [0.1, 0.15) is 46.1 Å². The molecule has 3 aromatic heterocycles. The summed E-state index contributed by atoms with van der Waals surface area (Å²) in [7, 11) is 1.73. The van der Waals surface area contributed by atoms with Gasteiger partial charge in [0.25, 0.3) is 0 Å². The molecule has 0 atom stereocenters. The van der Waals surface area contributed by atoms with Crippen LogP contribution in [-0.4, -0.2) is 64.7 Å². The maximum atomic E-state index is 5.51. The zero-order chi connectivity index (χ0) is 22.8. The largest absolute Gasteiger partial charge is 0.383 e. The molecule has 0 bridgehead atoms. The van der Waals surface area contributed by atoms with E-state index in [0.29, 0.717) is 13.2 Å². The van der Waals surface area contributed by atoms with Crippen LogP contribution in [-0.2, 0) is 41.9 Å². The van der Waals surface area contributed by atoms with Crippen LogP contribution < -0.4 is 5.32 Å². The lowest BCUT2D eigenvalue weighted by atomic mass is 9.97. The molecule has 3 aromatic rings. The van der Waals surface area contributed by atoms with Crippen molar-refractivity contribution in [2.45, 2.75) is 59.2 Å². The normalized spacial score (nSPS) is 16.9. The fourth-order valence-corrected chi connectivity index (χ4v) is 6.20. The number of fused-ring (bicyclic) bond motifs is 3. The number of methoxy groups -OCH3 is 1. The van der Waals surface area contributed by atoms with Gasteiger partial charge in [-0.15, -0.1) is 11.3 Å². The van der Waals surface area contributed by atoms with Gasteiger partial charge in [-0.05, 0) is 45.1 Å². The van der Waals surface area contributed by atoms with Crippen LogP contribution in [0.4, 0.5) is 5.82 Å². The molecule has 0 spiro atoms. The maximum absolute atomic E-state index is 5.51. The van der Waals surface area contributed by atoms with Crippen LogP contribution in [0.25, 0.3) is 10.2 Å². The van der Waals surface area contributed by atoms with E-state index in [1.165, 1.54) is 46.3 Å². The van der Waals surface area contributed by atoms with Crippen molar-refractivity contribution in [1.82, 2.24) is 24.6 Å². The van der Waals surface area contributed by atoms with Crippen molar-refractivity contribution in [2.24, 2.45) is 0 Å². The monoisotopic (exact) mass is 470 g/mol. The van der Waals surface area contributed by atoms with E-state index >= 15 is 0 Å². The number of anilines is 1. The van der Waals surface area contributed by atoms with E-state index in [1.54, 1.807) is 7.11 Å². The number of aryl methyl sites for hydroxylation is 3. The van der Waals surface area contributed by atoms with Crippen molar-refractivity contribution in [3.8, 4) is 0 Å². The van der Waals surface area contributed by atoms with E-state index in [9.17, 15) is 0 Å². The Morgan fingerprint density at radius 1 is 1.12 bits per heavy atom. The third kappa shape index (κ3) is 4.77. The minimum atomic E-state index is 0.660. The lowest BCUT2D eigenvalue weighted by Gasteiger charge is -2.25. The Hall–Kier alpha value is -2.07. The molecule has 0 unspecified atom stereocenters. The third-order valence-electron chi connectivity index (χ3n) is 6.80. The van der Waals surface area contributed by atoms with E-state index in [1.807, 2.05) is 16.0 Å². The molecular formula is C24H34N6O2S. The van der Waals surface area contributed by atoms with E-state index in [-0.39, 0.29) is 0 Å². The molecule has 1 fully saturated rings. The summed E-state index contributed by atoms with van der Waals surface area (Å²) in [6.07, 6.45) is 4.82. The molecule has 4 heterocycles. The number of hydrogen-bond donors (Lipinski definition) is 1. The van der Waals surface area contributed by atoms with E-state index < -0.39 is 0 Å². The molecule has 1 saturated heterocycles. The minimum absolute atomic E-state index is 0.660. The van der Waals surface area contributed by atoms with Crippen molar-refractivity contribution in [3.05, 3.63) is 33.2 Å². The first-order chi connectivity index (χ1) is 16.1. The van der Waals surface area contributed by atoms with Gasteiger partial charge in [0.05, 0.1) is 44.0 Å². The quantitative estimate of drug-likeness (QED) is 0.540. The van der Waals surface area contributed by atoms with Gasteiger partial charge in [0.2, 0.25) is 0 Å². The topological polar surface area (TPSA) is 77.3 Å². The molecule has 9 heteroatoms. The van der Waals surface area contributed by atoms with Crippen molar-refractivity contribution in [1.29, 1.82) is 0 Å². The van der Waals surface area contributed by atoms with Gasteiger partial charge < -0.3 is 14.8 Å². The van der Waals surface area contributed by atoms with Crippen LogP contribution in [0.15, 0.2) is 0 Å². The predicted octanol–water partition coefficient (Wildman–Crippen LogP) is 3.47. The zero-order valence-corrected chi connectivity index (χ0v) is 20.8. The standard InChI is InChI=1S/C24H34N6O2S/c1-16-19(17(2)30(28-16)10-11-31-3)14-25-23-22-18-6-4-5-7-20(18)33-24(22)27-21(26-23)15-29-8-12-32-13-9-29/h4-15H2,1-3H3,(H,25,26,27). The second-order valence-corrected chi connectivity index (χ2v) is 10.1. The Labute approximate surface area is 199 Å². The van der Waals surface area contributed by atoms with Gasteiger partial charge in [-0.1, -0.05) is 0 Å². The summed E-state index contributed by atoms with van der Waals surface area (Å²) in [6, 6.07) is 0. The van der Waals surface area contributed by atoms with Crippen molar-refractivity contribution >= 4 is 27.4 Å². The molecule has 1 aliphatic carbocycles. The Kier molecular flexibility index (Phi) is 6.91. The molecule has 1 N–H and O–H groups in total. The SMILES string of the molecule is COCCn1nc(C)c(CNc2nc(CN3CCOCC3)nc3sc4c(c23)CCCC4)c1C. The number of morpholine rings is 1. The highest BCUT2D eigenvalue weighted by molar-refractivity contribution is 7.19. The number of thiophene rings is 1. The van der Waals surface area contributed by atoms with Crippen LogP contribution in [0.2, 0.25) is 0 Å². The molecule has 1 aliphatic heterocycles. The Bertz CT molecular complexity index is 1120. The average Bonchev–Trinajstić information content (AvgIpc) is 3.33. The predicted molar refractivity (Wildman–Crippen MR) is 131 cm³/mol. The second kappa shape index (κ2) is 10.0. The number of rotatable bonds is 8. The van der Waals surface area contributed by atoms with Crippen LogP contribution in [0, 0.1) is 13.8 Å². The Balaban J connectivity index is 1.45. The lowest BCUT2D eigenvalue weighted by Crippen LogP contribution is -2.36. The fourth-order valence-electron chi connectivity index (χ4n) is 4.92. The summed E-state index contributed by atoms with van der Waals surface area (Å²) >= 11 is 1.87. The first-order valence-corrected chi connectivity index (χ1v) is 12.8. The van der Waals surface area contributed by atoms with Crippen molar-refractivity contribution in [3.63, 3.8) is 0 Å². The first-order valence-electron chi connectivity index (χ1n) is 12.0. The average molecular weight is 471 g/mol. The summed E-state index contributed by atoms with van der Waals surface area (Å²) in [5, 5.41) is 9.66. The summed E-state index contributed by atoms with van der Waals surface area (Å²) in [5.41, 5.74) is 4.94. The molecule has 0 saturated carbocycles. The summed E-state index contributed by atoms with van der Waals surface area (Å²) in [6.45, 7) is 10.6. The molecule has 0 amide bonds. The fraction of sp³-hybridized carbons (Fsp3) is 0.625. The van der Waals surface area contributed by atoms with Crippen molar-refractivity contribution in [2.75, 3.05) is 45.3 Å². The number of nitrogens with one attached hydrogen (secondary N) is 1. The highest BCUT2D eigenvalue weighted by Gasteiger charge is 2.23. The second-order valence-electron chi connectivity index (χ2n) is 8.99. The molecule has 33 heavy (non-hydrogen) atoms. The van der Waals surface area contributed by atoms with Gasteiger partial charge in [0, 0.05) is 42.9 Å². The lowest BCUT2D eigenvalue weighted by molar-refractivity contribution is 0.0331. The maximum Gasteiger partial charge on any atom is 0.146 e. The molecule has 5 rings (SSSR count). The molecule has 0 aromatic carbocycles. The number of hydrogen-bond acceptors (Lipinski definition) is 8. The van der Waals surface area contributed by atoms with Crippen LogP contribution >= 0.6 is 11.3 Å². The van der Waals surface area contributed by atoms with Crippen LogP contribution in [0.5, 0.6) is 0 Å². The van der Waals surface area contributed by atoms with Crippen molar-refractivity contribution < 1.29 is 9.47 Å². The van der Waals surface area contributed by atoms with Gasteiger partial charge in [-0.3, -0.25) is 9.58 Å². The smallest absolute Gasteiger partial charge is 0.146 e. The van der Waals surface area contributed by atoms with E-state index in [4.69, 9.17) is 24.5 Å². The number of nitrogens with zero attached hydrogens (tertiary/aromatic N) is 5. The van der Waals surface area contributed by atoms with Gasteiger partial charge in [-0.25, -0.2) is 9.97 Å². The highest BCUT2D eigenvalue weighted by atomic mass is 32.1. The number of aromatic nitrogens is 4. The molecule has 178 valence electrons. The highest BCUT2D eigenvalue weighted by Crippen LogP contribution is 2.39. The van der Waals surface area contributed by atoms with Gasteiger partial charge >= 0.3 is 0 Å². The minimum Gasteiger partial charge on any atom is -0.383 e. The van der Waals surface area contributed by atoms with Gasteiger partial charge in [0.15, 0.2) is 0 Å². The Morgan fingerprint density at radius 2 is 1.94 bits per heavy atom. The molecule has 2 aliphatic rings. The summed E-state index contributed by atoms with van der Waals surface area (Å²) < 4.78 is 12.8. The summed E-state index contributed by atoms with van der Waals surface area (Å²) in [5.74, 6) is 1.88. The molecule has 8 nitrogen and oxygen atoms in total. The zero-order valence-electron chi connectivity index (χ0n) is 19.9. The number of ether oxygens (including phenoxy) is 2. The molecular weight excluding hydrogens is 436 g/mol. The third-order valence-corrected chi connectivity index (χ3v) is 7.99. The first kappa shape index (κ1) is 22.7. The Morgan fingerprint density at radius 3 is 2.76 bits per heavy atom. The summed E-state index contributed by atoms with van der Waals surface area (Å²) in [4.78, 5) is 15.1.